The van der Waals surface area contributed by atoms with Crippen LogP contribution in [0.25, 0.3) is 0 Å². The molecule has 1 atom stereocenters. The van der Waals surface area contributed by atoms with Crippen LogP contribution in [-0.4, -0.2) is 43.9 Å². The van der Waals surface area contributed by atoms with E-state index in [9.17, 15) is 9.59 Å². The van der Waals surface area contributed by atoms with Gasteiger partial charge in [0.1, 0.15) is 11.8 Å². The van der Waals surface area contributed by atoms with E-state index in [1.54, 1.807) is 12.1 Å². The normalized spacial score (nSPS) is 11.8. The van der Waals surface area contributed by atoms with Gasteiger partial charge < -0.3 is 19.9 Å². The topological polar surface area (TPSA) is 84.9 Å². The van der Waals surface area contributed by atoms with Crippen LogP contribution in [0.2, 0.25) is 5.02 Å². The summed E-state index contributed by atoms with van der Waals surface area (Å²) in [5.41, 5.74) is 0.184. The molecule has 0 aliphatic carbocycles. The van der Waals surface area contributed by atoms with Gasteiger partial charge >= 0.3 is 5.97 Å². The summed E-state index contributed by atoms with van der Waals surface area (Å²) in [6, 6.07) is 3.51. The van der Waals surface area contributed by atoms with Crippen molar-refractivity contribution >= 4 is 23.5 Å². The Bertz CT molecular complexity index is 492. The molecule has 1 amide bonds. The van der Waals surface area contributed by atoms with Gasteiger partial charge in [-0.1, -0.05) is 11.6 Å². The summed E-state index contributed by atoms with van der Waals surface area (Å²) < 4.78 is 9.87. The van der Waals surface area contributed by atoms with E-state index in [2.05, 4.69) is 5.32 Å². The van der Waals surface area contributed by atoms with Gasteiger partial charge in [0.05, 0.1) is 12.7 Å². The SMILES string of the molecule is COCCC(NC(=O)c1cc(Cl)ccc1OC)C(=O)O. The smallest absolute Gasteiger partial charge is 0.326 e. The van der Waals surface area contributed by atoms with Crippen LogP contribution in [0.15, 0.2) is 18.2 Å². The number of aliphatic carboxylic acids is 1. The summed E-state index contributed by atoms with van der Waals surface area (Å²) in [7, 11) is 2.88. The summed E-state index contributed by atoms with van der Waals surface area (Å²) in [4.78, 5) is 23.2. The van der Waals surface area contributed by atoms with Crippen LogP contribution in [0, 0.1) is 0 Å². The number of ether oxygens (including phenoxy) is 2. The zero-order valence-electron chi connectivity index (χ0n) is 11.2. The Morgan fingerprint density at radius 3 is 2.65 bits per heavy atom. The fourth-order valence-corrected chi connectivity index (χ4v) is 1.76. The lowest BCUT2D eigenvalue weighted by Crippen LogP contribution is -2.41. The number of methoxy groups -OCH3 is 2. The van der Waals surface area contributed by atoms with Crippen LogP contribution >= 0.6 is 11.6 Å². The summed E-state index contributed by atoms with van der Waals surface area (Å²) in [6.07, 6.45) is 0.167. The number of carbonyl (C=O) groups is 2. The minimum Gasteiger partial charge on any atom is -0.496 e. The predicted octanol–water partition coefficient (Wildman–Crippen LogP) is 1.57. The highest BCUT2D eigenvalue weighted by atomic mass is 35.5. The number of amides is 1. The molecule has 1 unspecified atom stereocenters. The minimum atomic E-state index is -1.13. The van der Waals surface area contributed by atoms with Crippen molar-refractivity contribution in [1.82, 2.24) is 5.32 Å². The lowest BCUT2D eigenvalue weighted by molar-refractivity contribution is -0.139. The first-order valence-electron chi connectivity index (χ1n) is 5.85. The second-order valence-corrected chi connectivity index (χ2v) is 4.43. The fourth-order valence-electron chi connectivity index (χ4n) is 1.59. The number of rotatable bonds is 7. The van der Waals surface area contributed by atoms with Gasteiger partial charge in [-0.2, -0.15) is 0 Å². The monoisotopic (exact) mass is 301 g/mol. The van der Waals surface area contributed by atoms with E-state index in [4.69, 9.17) is 26.2 Å². The molecule has 110 valence electrons. The van der Waals surface area contributed by atoms with Gasteiger partial charge in [0.25, 0.3) is 5.91 Å². The van der Waals surface area contributed by atoms with Crippen LogP contribution in [0.4, 0.5) is 0 Å². The largest absolute Gasteiger partial charge is 0.496 e. The lowest BCUT2D eigenvalue weighted by atomic mass is 10.1. The van der Waals surface area contributed by atoms with E-state index in [0.29, 0.717) is 10.8 Å². The third-order valence-electron chi connectivity index (χ3n) is 2.62. The van der Waals surface area contributed by atoms with Crippen LogP contribution in [0.3, 0.4) is 0 Å². The molecule has 0 aliphatic rings. The molecule has 6 nitrogen and oxygen atoms in total. The Morgan fingerprint density at radius 2 is 2.10 bits per heavy atom. The number of nitrogens with one attached hydrogen (secondary N) is 1. The number of benzene rings is 1. The number of carboxylic acid groups (broad SMARTS) is 1. The van der Waals surface area contributed by atoms with Crippen molar-refractivity contribution in [2.75, 3.05) is 20.8 Å². The van der Waals surface area contributed by atoms with Crippen molar-refractivity contribution in [3.8, 4) is 5.75 Å². The fraction of sp³-hybridized carbons (Fsp3) is 0.385. The van der Waals surface area contributed by atoms with Crippen molar-refractivity contribution in [3.63, 3.8) is 0 Å². The molecule has 0 radical (unpaired) electrons. The standard InChI is InChI=1S/C13H16ClNO5/c1-19-6-5-10(13(17)18)15-12(16)9-7-8(14)3-4-11(9)20-2/h3-4,7,10H,5-6H2,1-2H3,(H,15,16)(H,17,18). The summed E-state index contributed by atoms with van der Waals surface area (Å²) in [6.45, 7) is 0.226. The van der Waals surface area contributed by atoms with Gasteiger partial charge in [0.15, 0.2) is 0 Å². The highest BCUT2D eigenvalue weighted by Gasteiger charge is 2.22. The molecule has 0 aromatic heterocycles. The molecule has 7 heteroatoms. The molecule has 0 aliphatic heterocycles. The molecule has 1 aromatic carbocycles. The van der Waals surface area contributed by atoms with E-state index < -0.39 is 17.9 Å². The maximum absolute atomic E-state index is 12.1. The molecule has 0 fully saturated rings. The van der Waals surface area contributed by atoms with Gasteiger partial charge in [0, 0.05) is 25.2 Å². The summed E-state index contributed by atoms with van der Waals surface area (Å²) in [5, 5.41) is 11.8. The average Bonchev–Trinajstić information content (AvgIpc) is 2.42. The molecule has 20 heavy (non-hydrogen) atoms. The molecular formula is C13H16ClNO5. The Hall–Kier alpha value is -1.79. The minimum absolute atomic E-state index is 0.167. The molecular weight excluding hydrogens is 286 g/mol. The van der Waals surface area contributed by atoms with Crippen LogP contribution in [-0.2, 0) is 9.53 Å². The van der Waals surface area contributed by atoms with Crippen molar-refractivity contribution in [2.24, 2.45) is 0 Å². The van der Waals surface area contributed by atoms with Crippen molar-refractivity contribution in [1.29, 1.82) is 0 Å². The number of hydrogen-bond acceptors (Lipinski definition) is 4. The first kappa shape index (κ1) is 16.3. The molecule has 0 saturated carbocycles. The first-order chi connectivity index (χ1) is 9.49. The van der Waals surface area contributed by atoms with Gasteiger partial charge in [-0.05, 0) is 18.2 Å². The second-order valence-electron chi connectivity index (χ2n) is 3.99. The van der Waals surface area contributed by atoms with Gasteiger partial charge in [-0.25, -0.2) is 4.79 Å². The molecule has 0 heterocycles. The van der Waals surface area contributed by atoms with Crippen molar-refractivity contribution < 1.29 is 24.2 Å². The zero-order valence-corrected chi connectivity index (χ0v) is 11.9. The Labute approximate surface area is 121 Å². The van der Waals surface area contributed by atoms with Gasteiger partial charge in [-0.15, -0.1) is 0 Å². The highest BCUT2D eigenvalue weighted by molar-refractivity contribution is 6.31. The molecule has 0 bridgehead atoms. The summed E-state index contributed by atoms with van der Waals surface area (Å²) in [5.74, 6) is -1.37. The molecule has 2 N–H and O–H groups in total. The average molecular weight is 302 g/mol. The number of carboxylic acids is 1. The highest BCUT2D eigenvalue weighted by Crippen LogP contribution is 2.22. The van der Waals surface area contributed by atoms with Crippen molar-refractivity contribution in [2.45, 2.75) is 12.5 Å². The zero-order chi connectivity index (χ0) is 15.1. The number of hydrogen-bond donors (Lipinski definition) is 2. The van der Waals surface area contributed by atoms with Crippen molar-refractivity contribution in [3.05, 3.63) is 28.8 Å². The maximum atomic E-state index is 12.1. The first-order valence-corrected chi connectivity index (χ1v) is 6.23. The van der Waals surface area contributed by atoms with Crippen LogP contribution in [0.5, 0.6) is 5.75 Å². The Balaban J connectivity index is 2.88. The van der Waals surface area contributed by atoms with Gasteiger partial charge in [0.2, 0.25) is 0 Å². The molecule has 0 spiro atoms. The van der Waals surface area contributed by atoms with E-state index in [1.165, 1.54) is 20.3 Å². The van der Waals surface area contributed by atoms with E-state index in [-0.39, 0.29) is 18.6 Å². The Morgan fingerprint density at radius 1 is 1.40 bits per heavy atom. The second kappa shape index (κ2) is 7.72. The molecule has 1 aromatic rings. The van der Waals surface area contributed by atoms with E-state index in [1.807, 2.05) is 0 Å². The molecule has 1 rings (SSSR count). The van der Waals surface area contributed by atoms with Gasteiger partial charge in [-0.3, -0.25) is 4.79 Å². The van der Waals surface area contributed by atoms with Crippen LogP contribution < -0.4 is 10.1 Å². The number of carbonyl (C=O) groups excluding carboxylic acids is 1. The maximum Gasteiger partial charge on any atom is 0.326 e. The van der Waals surface area contributed by atoms with E-state index in [0.717, 1.165) is 0 Å². The third-order valence-corrected chi connectivity index (χ3v) is 2.86. The van der Waals surface area contributed by atoms with E-state index >= 15 is 0 Å². The predicted molar refractivity (Wildman–Crippen MR) is 73.4 cm³/mol. The Kier molecular flexibility index (Phi) is 6.27. The quantitative estimate of drug-likeness (QED) is 0.798. The summed E-state index contributed by atoms with van der Waals surface area (Å²) >= 11 is 5.83. The lowest BCUT2D eigenvalue weighted by Gasteiger charge is -2.15. The number of halogens is 1. The third kappa shape index (κ3) is 4.40. The van der Waals surface area contributed by atoms with Crippen LogP contribution in [0.1, 0.15) is 16.8 Å². The molecule has 0 saturated heterocycles.